The fourth-order valence-corrected chi connectivity index (χ4v) is 5.57. The SMILES string of the molecule is NC1c2ccccc2CC12CCN(c1ncc(C#CCOc3ccc4cn[nH]c4c3)nc1CO)CC2. The molecule has 6 rings (SSSR count). The van der Waals surface area contributed by atoms with Gasteiger partial charge in [0.1, 0.15) is 23.7 Å². The van der Waals surface area contributed by atoms with Crippen molar-refractivity contribution >= 4 is 16.7 Å². The van der Waals surface area contributed by atoms with Crippen LogP contribution in [0.15, 0.2) is 54.9 Å². The molecule has 4 aromatic rings. The Bertz CT molecular complexity index is 1460. The lowest BCUT2D eigenvalue weighted by Gasteiger charge is -2.42. The van der Waals surface area contributed by atoms with Gasteiger partial charge in [0.25, 0.3) is 0 Å². The van der Waals surface area contributed by atoms with E-state index in [2.05, 4.69) is 61.2 Å². The van der Waals surface area contributed by atoms with Crippen molar-refractivity contribution in [1.29, 1.82) is 0 Å². The molecule has 2 aromatic heterocycles. The zero-order valence-electron chi connectivity index (χ0n) is 19.9. The van der Waals surface area contributed by atoms with Gasteiger partial charge in [-0.05, 0) is 53.9 Å². The number of aliphatic hydroxyl groups is 1. The van der Waals surface area contributed by atoms with Crippen LogP contribution in [0.1, 0.15) is 41.4 Å². The number of hydrogen-bond donors (Lipinski definition) is 3. The minimum Gasteiger partial charge on any atom is -0.481 e. The van der Waals surface area contributed by atoms with Crippen LogP contribution in [0.4, 0.5) is 5.82 Å². The van der Waals surface area contributed by atoms with Crippen LogP contribution < -0.4 is 15.4 Å². The Hall–Kier alpha value is -3.93. The van der Waals surface area contributed by atoms with Crippen LogP contribution in [0.5, 0.6) is 5.75 Å². The van der Waals surface area contributed by atoms with Crippen LogP contribution in [-0.4, -0.2) is 45.0 Å². The molecule has 0 bridgehead atoms. The standard InChI is InChI=1S/C28H28N6O2/c29-26-23-6-2-1-4-19(23)15-28(26)9-11-34(12-10-28)27-25(18-35)32-21(17-30-27)5-3-13-36-22-8-7-20-16-31-33-24(20)14-22/h1-2,4,6-8,14,16-17,26,35H,9-13,15,18,29H2,(H,31,33). The molecule has 1 aliphatic heterocycles. The lowest BCUT2D eigenvalue weighted by atomic mass is 9.73. The van der Waals surface area contributed by atoms with Crippen molar-refractivity contribution < 1.29 is 9.84 Å². The van der Waals surface area contributed by atoms with E-state index in [1.54, 1.807) is 12.4 Å². The van der Waals surface area contributed by atoms with E-state index in [-0.39, 0.29) is 24.7 Å². The monoisotopic (exact) mass is 480 g/mol. The first-order valence-corrected chi connectivity index (χ1v) is 12.3. The maximum atomic E-state index is 10.00. The minimum atomic E-state index is -0.189. The molecule has 1 aliphatic carbocycles. The molecule has 0 amide bonds. The topological polar surface area (TPSA) is 113 Å². The number of H-pyrrole nitrogens is 1. The average molecular weight is 481 g/mol. The Morgan fingerprint density at radius 2 is 2.03 bits per heavy atom. The first-order valence-electron chi connectivity index (χ1n) is 12.3. The third-order valence-electron chi connectivity index (χ3n) is 7.56. The Labute approximate surface area is 209 Å². The van der Waals surface area contributed by atoms with Crippen LogP contribution in [0.3, 0.4) is 0 Å². The number of nitrogens with two attached hydrogens (primary N) is 1. The summed E-state index contributed by atoms with van der Waals surface area (Å²) < 4.78 is 5.72. The molecular formula is C28H28N6O2. The molecule has 1 fully saturated rings. The van der Waals surface area contributed by atoms with Crippen molar-refractivity contribution in [3.63, 3.8) is 0 Å². The summed E-state index contributed by atoms with van der Waals surface area (Å²) in [4.78, 5) is 11.4. The number of ether oxygens (including phenoxy) is 1. The van der Waals surface area contributed by atoms with Crippen molar-refractivity contribution in [1.82, 2.24) is 20.2 Å². The summed E-state index contributed by atoms with van der Waals surface area (Å²) in [5.41, 5.74) is 11.4. The molecule has 0 saturated carbocycles. The van der Waals surface area contributed by atoms with Gasteiger partial charge >= 0.3 is 0 Å². The number of hydrogen-bond acceptors (Lipinski definition) is 7. The van der Waals surface area contributed by atoms with E-state index >= 15 is 0 Å². The first-order chi connectivity index (χ1) is 17.6. The highest BCUT2D eigenvalue weighted by molar-refractivity contribution is 5.79. The average Bonchev–Trinajstić information content (AvgIpc) is 3.49. The van der Waals surface area contributed by atoms with Gasteiger partial charge in [-0.1, -0.05) is 30.2 Å². The van der Waals surface area contributed by atoms with Gasteiger partial charge in [-0.15, -0.1) is 0 Å². The number of fused-ring (bicyclic) bond motifs is 2. The van der Waals surface area contributed by atoms with Crippen LogP contribution in [0, 0.1) is 17.3 Å². The lowest BCUT2D eigenvalue weighted by Crippen LogP contribution is -2.45. The third kappa shape index (κ3) is 4.06. The van der Waals surface area contributed by atoms with Crippen molar-refractivity contribution in [2.75, 3.05) is 24.6 Å². The zero-order valence-corrected chi connectivity index (χ0v) is 19.9. The van der Waals surface area contributed by atoms with Gasteiger partial charge in [0, 0.05) is 30.6 Å². The van der Waals surface area contributed by atoms with E-state index in [9.17, 15) is 5.11 Å². The van der Waals surface area contributed by atoms with Gasteiger partial charge in [0.05, 0.1) is 24.5 Å². The molecule has 8 nitrogen and oxygen atoms in total. The second kappa shape index (κ2) is 9.26. The molecule has 1 spiro atoms. The molecule has 1 saturated heterocycles. The number of piperidine rings is 1. The molecule has 3 heterocycles. The van der Waals surface area contributed by atoms with E-state index in [0.29, 0.717) is 17.1 Å². The summed E-state index contributed by atoms with van der Waals surface area (Å²) in [7, 11) is 0. The van der Waals surface area contributed by atoms with Crippen LogP contribution in [0.2, 0.25) is 0 Å². The summed E-state index contributed by atoms with van der Waals surface area (Å²) in [6.45, 7) is 1.70. The second-order valence-corrected chi connectivity index (χ2v) is 9.60. The molecule has 8 heteroatoms. The van der Waals surface area contributed by atoms with Gasteiger partial charge in [-0.3, -0.25) is 5.10 Å². The normalized spacial score (nSPS) is 18.2. The number of nitrogens with one attached hydrogen (secondary N) is 1. The van der Waals surface area contributed by atoms with Crippen LogP contribution in [0.25, 0.3) is 10.9 Å². The maximum absolute atomic E-state index is 10.00. The van der Waals surface area contributed by atoms with Crippen LogP contribution in [-0.2, 0) is 13.0 Å². The molecule has 2 aromatic carbocycles. The number of nitrogens with zero attached hydrogens (tertiary/aromatic N) is 4. The van der Waals surface area contributed by atoms with Crippen molar-refractivity contribution in [2.24, 2.45) is 11.1 Å². The van der Waals surface area contributed by atoms with Crippen molar-refractivity contribution in [3.05, 3.63) is 77.4 Å². The largest absolute Gasteiger partial charge is 0.481 e. The quantitative estimate of drug-likeness (QED) is 0.385. The molecule has 36 heavy (non-hydrogen) atoms. The summed E-state index contributed by atoms with van der Waals surface area (Å²) in [6, 6.07) is 14.3. The minimum absolute atomic E-state index is 0.0699. The molecule has 4 N–H and O–H groups in total. The summed E-state index contributed by atoms with van der Waals surface area (Å²) >= 11 is 0. The maximum Gasteiger partial charge on any atom is 0.152 e. The van der Waals surface area contributed by atoms with E-state index in [4.69, 9.17) is 10.5 Å². The van der Waals surface area contributed by atoms with E-state index in [0.717, 1.165) is 49.1 Å². The van der Waals surface area contributed by atoms with E-state index in [1.807, 2.05) is 18.2 Å². The number of aromatic amines is 1. The van der Waals surface area contributed by atoms with E-state index < -0.39 is 0 Å². The highest BCUT2D eigenvalue weighted by atomic mass is 16.5. The molecule has 0 radical (unpaired) electrons. The highest BCUT2D eigenvalue weighted by Gasteiger charge is 2.46. The molecule has 1 atom stereocenters. The van der Waals surface area contributed by atoms with Gasteiger partial charge in [0.15, 0.2) is 5.82 Å². The van der Waals surface area contributed by atoms with Crippen LogP contribution >= 0.6 is 0 Å². The predicted molar refractivity (Wildman–Crippen MR) is 137 cm³/mol. The Kier molecular flexibility index (Phi) is 5.80. The number of benzene rings is 2. The smallest absolute Gasteiger partial charge is 0.152 e. The number of rotatable bonds is 4. The summed E-state index contributed by atoms with van der Waals surface area (Å²) in [5, 5.41) is 18.0. The second-order valence-electron chi connectivity index (χ2n) is 9.60. The number of anilines is 1. The van der Waals surface area contributed by atoms with Crippen molar-refractivity contribution in [3.8, 4) is 17.6 Å². The molecule has 182 valence electrons. The highest BCUT2D eigenvalue weighted by Crippen LogP contribution is 2.51. The lowest BCUT2D eigenvalue weighted by molar-refractivity contribution is 0.186. The summed E-state index contributed by atoms with van der Waals surface area (Å²) in [5.74, 6) is 7.41. The Balaban J connectivity index is 1.10. The third-order valence-corrected chi connectivity index (χ3v) is 7.56. The Morgan fingerprint density at radius 1 is 1.17 bits per heavy atom. The number of aliphatic hydroxyl groups excluding tert-OH is 1. The predicted octanol–water partition coefficient (Wildman–Crippen LogP) is 3.12. The van der Waals surface area contributed by atoms with Gasteiger partial charge in [0.2, 0.25) is 0 Å². The molecular weight excluding hydrogens is 452 g/mol. The first kappa shape index (κ1) is 22.5. The van der Waals surface area contributed by atoms with Gasteiger partial charge in [-0.2, -0.15) is 5.10 Å². The number of aromatic nitrogens is 4. The molecule has 2 aliphatic rings. The van der Waals surface area contributed by atoms with E-state index in [1.165, 1.54) is 11.1 Å². The van der Waals surface area contributed by atoms with Gasteiger partial charge < -0.3 is 20.5 Å². The summed E-state index contributed by atoms with van der Waals surface area (Å²) in [6.07, 6.45) is 6.44. The molecule has 1 unspecified atom stereocenters. The Morgan fingerprint density at radius 3 is 2.86 bits per heavy atom. The zero-order chi connectivity index (χ0) is 24.5. The van der Waals surface area contributed by atoms with Gasteiger partial charge in [-0.25, -0.2) is 9.97 Å². The fraction of sp³-hybridized carbons (Fsp3) is 0.321. The fourth-order valence-electron chi connectivity index (χ4n) is 5.57. The van der Waals surface area contributed by atoms with Crippen molar-refractivity contribution in [2.45, 2.75) is 31.9 Å².